The van der Waals surface area contributed by atoms with Crippen LogP contribution in [0.5, 0.6) is 11.6 Å². The molecule has 0 unspecified atom stereocenters. The molecule has 0 aliphatic carbocycles. The van der Waals surface area contributed by atoms with Gasteiger partial charge in [-0.2, -0.15) is 0 Å². The molecule has 0 radical (unpaired) electrons. The average Bonchev–Trinajstić information content (AvgIpc) is 2.79. The van der Waals surface area contributed by atoms with Crippen molar-refractivity contribution in [3.63, 3.8) is 0 Å². The van der Waals surface area contributed by atoms with Crippen molar-refractivity contribution in [3.8, 4) is 11.6 Å². The Morgan fingerprint density at radius 2 is 1.61 bits per heavy atom. The van der Waals surface area contributed by atoms with Gasteiger partial charge in [-0.3, -0.25) is 9.59 Å². The molecule has 1 aromatic heterocycles. The Morgan fingerprint density at radius 1 is 0.935 bits per heavy atom. The van der Waals surface area contributed by atoms with Crippen LogP contribution in [0.25, 0.3) is 0 Å². The number of ketones is 1. The lowest BCUT2D eigenvalue weighted by Crippen LogP contribution is -2.21. The smallest absolute Gasteiger partial charge is 0.262 e. The van der Waals surface area contributed by atoms with Crippen LogP contribution >= 0.6 is 11.6 Å². The molecule has 1 N–H and O–H groups in total. The maximum atomic E-state index is 12.5. The first-order chi connectivity index (χ1) is 15.1. The number of amides is 1. The fraction of sp³-hybridized carbons (Fsp3) is 0.174. The molecule has 0 saturated carbocycles. The molecule has 0 spiro atoms. The maximum Gasteiger partial charge on any atom is 0.262 e. The van der Waals surface area contributed by atoms with Gasteiger partial charge in [-0.15, -0.1) is 0 Å². The normalized spacial score (nSPS) is 10.4. The number of halogens is 1. The zero-order valence-electron chi connectivity index (χ0n) is 16.8. The first-order valence-corrected chi connectivity index (χ1v) is 9.84. The van der Waals surface area contributed by atoms with Crippen molar-refractivity contribution in [2.45, 2.75) is 0 Å². The standard InChI is InChI=1S/C23H21ClN2O5/c1-29-13-14-30-23-20(3-2-12-25-23)26-21(27)15-31-19-10-6-17(7-11-19)22(28)16-4-8-18(24)9-5-16/h2-12H,13-15H2,1H3,(H,26,27). The number of ether oxygens (including phenoxy) is 3. The molecule has 8 heteroatoms. The van der Waals surface area contributed by atoms with Gasteiger partial charge < -0.3 is 19.5 Å². The van der Waals surface area contributed by atoms with Crippen LogP contribution in [0.2, 0.25) is 5.02 Å². The average molecular weight is 441 g/mol. The van der Waals surface area contributed by atoms with E-state index in [1.807, 2.05) is 0 Å². The molecule has 3 rings (SSSR count). The predicted molar refractivity (Wildman–Crippen MR) is 117 cm³/mol. The van der Waals surface area contributed by atoms with E-state index in [2.05, 4.69) is 10.3 Å². The van der Waals surface area contributed by atoms with E-state index in [0.717, 1.165) is 0 Å². The molecule has 2 aromatic carbocycles. The summed E-state index contributed by atoms with van der Waals surface area (Å²) in [5, 5.41) is 3.27. The molecule has 0 aliphatic rings. The van der Waals surface area contributed by atoms with Crippen molar-refractivity contribution in [3.05, 3.63) is 83.0 Å². The lowest BCUT2D eigenvalue weighted by Gasteiger charge is -2.11. The highest BCUT2D eigenvalue weighted by atomic mass is 35.5. The van der Waals surface area contributed by atoms with Crippen LogP contribution < -0.4 is 14.8 Å². The minimum absolute atomic E-state index is 0.126. The van der Waals surface area contributed by atoms with Crippen LogP contribution in [0.1, 0.15) is 15.9 Å². The number of hydrogen-bond donors (Lipinski definition) is 1. The van der Waals surface area contributed by atoms with E-state index in [4.69, 9.17) is 25.8 Å². The second-order valence-electron chi connectivity index (χ2n) is 6.39. The number of benzene rings is 2. The van der Waals surface area contributed by atoms with E-state index < -0.39 is 0 Å². The Labute approximate surface area is 184 Å². The molecular weight excluding hydrogens is 420 g/mol. The maximum absolute atomic E-state index is 12.5. The van der Waals surface area contributed by atoms with E-state index in [9.17, 15) is 9.59 Å². The molecule has 1 amide bonds. The van der Waals surface area contributed by atoms with Gasteiger partial charge in [0.2, 0.25) is 5.88 Å². The third-order valence-corrected chi connectivity index (χ3v) is 4.42. The second-order valence-corrected chi connectivity index (χ2v) is 6.83. The van der Waals surface area contributed by atoms with Crippen LogP contribution in [0.4, 0.5) is 5.69 Å². The van der Waals surface area contributed by atoms with E-state index in [0.29, 0.717) is 46.7 Å². The third kappa shape index (κ3) is 6.53. The summed E-state index contributed by atoms with van der Waals surface area (Å²) >= 11 is 5.86. The van der Waals surface area contributed by atoms with Gasteiger partial charge in [0, 0.05) is 29.5 Å². The van der Waals surface area contributed by atoms with Crippen molar-refractivity contribution in [2.75, 3.05) is 32.2 Å². The summed E-state index contributed by atoms with van der Waals surface area (Å²) < 4.78 is 15.9. The number of pyridine rings is 1. The molecule has 7 nitrogen and oxygen atoms in total. The molecule has 31 heavy (non-hydrogen) atoms. The summed E-state index contributed by atoms with van der Waals surface area (Å²) in [6.45, 7) is 0.508. The summed E-state index contributed by atoms with van der Waals surface area (Å²) in [5.41, 5.74) is 1.49. The zero-order chi connectivity index (χ0) is 22.1. The van der Waals surface area contributed by atoms with Crippen LogP contribution in [-0.2, 0) is 9.53 Å². The van der Waals surface area contributed by atoms with Crippen LogP contribution in [-0.4, -0.2) is 43.6 Å². The van der Waals surface area contributed by atoms with Crippen LogP contribution in [0.3, 0.4) is 0 Å². The number of nitrogens with zero attached hydrogens (tertiary/aromatic N) is 1. The largest absolute Gasteiger partial charge is 0.484 e. The van der Waals surface area contributed by atoms with E-state index in [-0.39, 0.29) is 18.3 Å². The molecule has 160 valence electrons. The van der Waals surface area contributed by atoms with Gasteiger partial charge in [-0.05, 0) is 60.7 Å². The number of nitrogens with one attached hydrogen (secondary N) is 1. The molecule has 0 bridgehead atoms. The zero-order valence-corrected chi connectivity index (χ0v) is 17.6. The first kappa shape index (κ1) is 22.3. The van der Waals surface area contributed by atoms with Gasteiger partial charge in [0.05, 0.1) is 6.61 Å². The Bertz CT molecular complexity index is 1020. The van der Waals surface area contributed by atoms with Gasteiger partial charge in [-0.1, -0.05) is 11.6 Å². The van der Waals surface area contributed by atoms with E-state index in [1.165, 1.54) is 0 Å². The van der Waals surface area contributed by atoms with Gasteiger partial charge >= 0.3 is 0 Å². The van der Waals surface area contributed by atoms with E-state index in [1.54, 1.807) is 74.0 Å². The molecular formula is C23H21ClN2O5. The minimum Gasteiger partial charge on any atom is -0.484 e. The summed E-state index contributed by atoms with van der Waals surface area (Å²) in [5.74, 6) is 0.271. The second kappa shape index (κ2) is 11.1. The van der Waals surface area contributed by atoms with Gasteiger partial charge in [0.15, 0.2) is 12.4 Å². The number of carbonyl (C=O) groups excluding carboxylic acids is 2. The summed E-state index contributed by atoms with van der Waals surface area (Å²) in [7, 11) is 1.57. The van der Waals surface area contributed by atoms with Gasteiger partial charge in [0.25, 0.3) is 5.91 Å². The molecule has 0 aliphatic heterocycles. The van der Waals surface area contributed by atoms with E-state index >= 15 is 0 Å². The van der Waals surface area contributed by atoms with Crippen LogP contribution in [0, 0.1) is 0 Å². The number of rotatable bonds is 10. The summed E-state index contributed by atoms with van der Waals surface area (Å²) in [6.07, 6.45) is 1.57. The van der Waals surface area contributed by atoms with Crippen molar-refractivity contribution in [1.29, 1.82) is 0 Å². The number of anilines is 1. The topological polar surface area (TPSA) is 86.8 Å². The quantitative estimate of drug-likeness (QED) is 0.378. The lowest BCUT2D eigenvalue weighted by molar-refractivity contribution is -0.118. The number of aromatic nitrogens is 1. The van der Waals surface area contributed by atoms with Crippen molar-refractivity contribution >= 4 is 29.0 Å². The fourth-order valence-corrected chi connectivity index (χ4v) is 2.75. The summed E-state index contributed by atoms with van der Waals surface area (Å²) in [6, 6.07) is 16.6. The van der Waals surface area contributed by atoms with Gasteiger partial charge in [0.1, 0.15) is 18.0 Å². The molecule has 1 heterocycles. The Kier molecular flexibility index (Phi) is 7.98. The Morgan fingerprint density at radius 3 is 2.29 bits per heavy atom. The SMILES string of the molecule is COCCOc1ncccc1NC(=O)COc1ccc(C(=O)c2ccc(Cl)cc2)cc1. The predicted octanol–water partition coefficient (Wildman–Crippen LogP) is 4.01. The number of hydrogen-bond acceptors (Lipinski definition) is 6. The Balaban J connectivity index is 1.54. The van der Waals surface area contributed by atoms with Crippen molar-refractivity contribution in [2.24, 2.45) is 0 Å². The van der Waals surface area contributed by atoms with Crippen LogP contribution in [0.15, 0.2) is 66.9 Å². The van der Waals surface area contributed by atoms with Crippen molar-refractivity contribution in [1.82, 2.24) is 4.98 Å². The number of methoxy groups -OCH3 is 1. The molecule has 0 fully saturated rings. The molecule has 0 atom stereocenters. The summed E-state index contributed by atoms with van der Waals surface area (Å²) in [4.78, 5) is 28.8. The highest BCUT2D eigenvalue weighted by Crippen LogP contribution is 2.21. The monoisotopic (exact) mass is 440 g/mol. The van der Waals surface area contributed by atoms with Crippen molar-refractivity contribution < 1.29 is 23.8 Å². The highest BCUT2D eigenvalue weighted by Gasteiger charge is 2.11. The number of carbonyl (C=O) groups is 2. The molecule has 0 saturated heterocycles. The molecule has 3 aromatic rings. The third-order valence-electron chi connectivity index (χ3n) is 4.16. The van der Waals surface area contributed by atoms with Gasteiger partial charge in [-0.25, -0.2) is 4.98 Å². The Hall–Kier alpha value is -3.42. The fourth-order valence-electron chi connectivity index (χ4n) is 2.63. The first-order valence-electron chi connectivity index (χ1n) is 9.46. The highest BCUT2D eigenvalue weighted by molar-refractivity contribution is 6.30. The lowest BCUT2D eigenvalue weighted by atomic mass is 10.0. The minimum atomic E-state index is -0.370.